The van der Waals surface area contributed by atoms with Crippen LogP contribution in [0.25, 0.3) is 11.6 Å². The van der Waals surface area contributed by atoms with Gasteiger partial charge in [0, 0.05) is 17.1 Å². The van der Waals surface area contributed by atoms with E-state index >= 15 is 0 Å². The van der Waals surface area contributed by atoms with Gasteiger partial charge in [-0.2, -0.15) is 0 Å². The van der Waals surface area contributed by atoms with E-state index in [4.69, 9.17) is 4.74 Å². The normalized spacial score (nSPS) is 16.6. The highest BCUT2D eigenvalue weighted by Gasteiger charge is 2.35. The first-order valence-corrected chi connectivity index (χ1v) is 10.1. The summed E-state index contributed by atoms with van der Waals surface area (Å²) in [6.07, 6.45) is 6.44. The van der Waals surface area contributed by atoms with Gasteiger partial charge in [-0.25, -0.2) is 0 Å². The first kappa shape index (κ1) is 20.0. The Kier molecular flexibility index (Phi) is 4.61. The molecule has 0 saturated carbocycles. The molecule has 1 aliphatic carbocycles. The molecule has 0 aromatic heterocycles. The molecule has 0 spiro atoms. The number of fused-ring (bicyclic) bond motifs is 3. The van der Waals surface area contributed by atoms with Gasteiger partial charge >= 0.3 is 0 Å². The maximum absolute atomic E-state index is 13.1. The number of ether oxygens (including phenoxy) is 1. The number of rotatable bonds is 3. The lowest BCUT2D eigenvalue weighted by Crippen LogP contribution is -2.22. The van der Waals surface area contributed by atoms with Crippen molar-refractivity contribution in [1.82, 2.24) is 0 Å². The summed E-state index contributed by atoms with van der Waals surface area (Å²) < 4.78 is 6.05. The van der Waals surface area contributed by atoms with Crippen LogP contribution in [-0.2, 0) is 6.42 Å². The van der Waals surface area contributed by atoms with Crippen molar-refractivity contribution >= 4 is 17.4 Å². The minimum atomic E-state index is -0.262. The second kappa shape index (κ2) is 6.91. The predicted molar refractivity (Wildman–Crippen MR) is 119 cm³/mol. The van der Waals surface area contributed by atoms with Crippen molar-refractivity contribution in [3.05, 3.63) is 76.6 Å². The van der Waals surface area contributed by atoms with Crippen LogP contribution in [0.2, 0.25) is 0 Å². The maximum atomic E-state index is 13.1. The van der Waals surface area contributed by atoms with Gasteiger partial charge < -0.3 is 14.9 Å². The fraction of sp³-hybridized carbons (Fsp3) is 0.269. The minimum Gasteiger partial charge on any atom is -0.508 e. The zero-order chi connectivity index (χ0) is 21.8. The summed E-state index contributed by atoms with van der Waals surface area (Å²) in [4.78, 5) is 13.1. The molecule has 1 heterocycles. The van der Waals surface area contributed by atoms with Gasteiger partial charge in [-0.1, -0.05) is 58.6 Å². The lowest BCUT2D eigenvalue weighted by Gasteiger charge is -2.33. The number of phenols is 2. The fourth-order valence-electron chi connectivity index (χ4n) is 4.13. The number of aromatic hydroxyl groups is 2. The first-order chi connectivity index (χ1) is 14.1. The van der Waals surface area contributed by atoms with Crippen LogP contribution in [-0.4, -0.2) is 16.0 Å². The Morgan fingerprint density at radius 2 is 1.83 bits per heavy atom. The van der Waals surface area contributed by atoms with E-state index < -0.39 is 0 Å². The molecule has 2 aromatic rings. The number of hydrogen-bond acceptors (Lipinski definition) is 4. The number of Topliss-reactive ketones (excluding diaryl/α,β-unsaturated/α-hetero) is 1. The van der Waals surface area contributed by atoms with Crippen molar-refractivity contribution in [3.8, 4) is 17.2 Å². The van der Waals surface area contributed by atoms with Gasteiger partial charge in [0.2, 0.25) is 0 Å². The van der Waals surface area contributed by atoms with Gasteiger partial charge in [0.15, 0.2) is 5.78 Å². The van der Waals surface area contributed by atoms with Crippen molar-refractivity contribution in [2.24, 2.45) is 11.3 Å². The second-order valence-corrected chi connectivity index (χ2v) is 9.01. The zero-order valence-corrected chi connectivity index (χ0v) is 17.7. The lowest BCUT2D eigenvalue weighted by atomic mass is 9.74. The lowest BCUT2D eigenvalue weighted by molar-refractivity contribution is 0.0936. The van der Waals surface area contributed by atoms with E-state index in [1.54, 1.807) is 30.3 Å². The molecule has 0 saturated heterocycles. The van der Waals surface area contributed by atoms with Gasteiger partial charge in [0.05, 0.1) is 11.1 Å². The third-order valence-electron chi connectivity index (χ3n) is 5.66. The Labute approximate surface area is 176 Å². The summed E-state index contributed by atoms with van der Waals surface area (Å²) in [5.74, 6) is 0.729. The van der Waals surface area contributed by atoms with Crippen molar-refractivity contribution in [3.63, 3.8) is 0 Å². The van der Waals surface area contributed by atoms with Crippen LogP contribution < -0.4 is 4.74 Å². The second-order valence-electron chi connectivity index (χ2n) is 9.01. The summed E-state index contributed by atoms with van der Waals surface area (Å²) in [5, 5.41) is 21.0. The molecule has 4 rings (SSSR count). The van der Waals surface area contributed by atoms with Crippen LogP contribution in [0.1, 0.15) is 60.3 Å². The maximum Gasteiger partial charge on any atom is 0.169 e. The standard InChI is InChI=1S/C26H26O4/c1-14(2)23(28)21-18-10-11-26(4,5)13-20(18)25-22(24(21)29)19(12-15(3)30-25)16-6-8-17(27)9-7-16/h6-12,14,27,29H,3,13H2,1-2,4-5H3. The molecule has 0 amide bonds. The van der Waals surface area contributed by atoms with E-state index in [1.165, 1.54) is 0 Å². The van der Waals surface area contributed by atoms with E-state index in [9.17, 15) is 15.0 Å². The van der Waals surface area contributed by atoms with Gasteiger partial charge in [0.25, 0.3) is 0 Å². The molecular formula is C26H26O4. The molecule has 0 bridgehead atoms. The van der Waals surface area contributed by atoms with E-state index in [2.05, 4.69) is 26.5 Å². The van der Waals surface area contributed by atoms with Crippen LogP contribution in [0.5, 0.6) is 17.2 Å². The summed E-state index contributed by atoms with van der Waals surface area (Å²) >= 11 is 0. The summed E-state index contributed by atoms with van der Waals surface area (Å²) in [6, 6.07) is 6.73. The third kappa shape index (κ3) is 3.22. The Morgan fingerprint density at radius 3 is 2.47 bits per heavy atom. The van der Waals surface area contributed by atoms with Crippen LogP contribution in [0, 0.1) is 11.3 Å². The number of allylic oxidation sites excluding steroid dienone is 2. The average Bonchev–Trinajstić information content (AvgIpc) is 2.67. The molecule has 30 heavy (non-hydrogen) atoms. The molecule has 4 nitrogen and oxygen atoms in total. The number of hydrogen-bond donors (Lipinski definition) is 2. The quantitative estimate of drug-likeness (QED) is 0.630. The Hall–Kier alpha value is -3.27. The molecule has 2 aliphatic rings. The van der Waals surface area contributed by atoms with Gasteiger partial charge in [-0.3, -0.25) is 4.79 Å². The topological polar surface area (TPSA) is 66.8 Å². The molecule has 2 aromatic carbocycles. The highest BCUT2D eigenvalue weighted by molar-refractivity contribution is 6.07. The largest absolute Gasteiger partial charge is 0.508 e. The Balaban J connectivity index is 2.07. The zero-order valence-electron chi connectivity index (χ0n) is 17.7. The molecule has 4 heteroatoms. The Bertz CT molecular complexity index is 1130. The highest BCUT2D eigenvalue weighted by atomic mass is 16.5. The van der Waals surface area contributed by atoms with Crippen LogP contribution in [0.15, 0.2) is 48.8 Å². The van der Waals surface area contributed by atoms with E-state index in [-0.39, 0.29) is 28.6 Å². The summed E-state index contributed by atoms with van der Waals surface area (Å²) in [6.45, 7) is 11.9. The van der Waals surface area contributed by atoms with E-state index in [0.29, 0.717) is 34.6 Å². The Morgan fingerprint density at radius 1 is 1.17 bits per heavy atom. The van der Waals surface area contributed by atoms with Crippen LogP contribution in [0.3, 0.4) is 0 Å². The SMILES string of the molecule is C=C1C=C(c2ccc(O)cc2)c2c(O)c(C(=O)C(C)C)c3c(c2O1)CC(C)(C)C=C3. The van der Waals surface area contributed by atoms with E-state index in [0.717, 1.165) is 16.7 Å². The third-order valence-corrected chi connectivity index (χ3v) is 5.66. The van der Waals surface area contributed by atoms with Crippen molar-refractivity contribution in [1.29, 1.82) is 0 Å². The van der Waals surface area contributed by atoms with Gasteiger partial charge in [0.1, 0.15) is 23.0 Å². The average molecular weight is 402 g/mol. The molecule has 154 valence electrons. The van der Waals surface area contributed by atoms with Crippen molar-refractivity contribution in [2.45, 2.75) is 34.1 Å². The predicted octanol–water partition coefficient (Wildman–Crippen LogP) is 5.87. The first-order valence-electron chi connectivity index (χ1n) is 10.1. The molecule has 0 radical (unpaired) electrons. The monoisotopic (exact) mass is 402 g/mol. The molecule has 0 fully saturated rings. The minimum absolute atomic E-state index is 0.0707. The highest BCUT2D eigenvalue weighted by Crippen LogP contribution is 2.51. The number of carbonyl (C=O) groups excluding carboxylic acids is 1. The number of benzene rings is 2. The fourth-order valence-corrected chi connectivity index (χ4v) is 4.13. The van der Waals surface area contributed by atoms with Crippen LogP contribution in [0.4, 0.5) is 0 Å². The number of ketones is 1. The summed E-state index contributed by atoms with van der Waals surface area (Å²) in [5.41, 5.74) is 3.87. The van der Waals surface area contributed by atoms with Crippen molar-refractivity contribution in [2.75, 3.05) is 0 Å². The smallest absolute Gasteiger partial charge is 0.169 e. The number of phenolic OH excluding ortho intramolecular Hbond substituents is 2. The van der Waals surface area contributed by atoms with Gasteiger partial charge in [-0.15, -0.1) is 0 Å². The molecule has 0 unspecified atom stereocenters. The van der Waals surface area contributed by atoms with Gasteiger partial charge in [-0.05, 0) is 41.2 Å². The van der Waals surface area contributed by atoms with E-state index in [1.807, 2.05) is 19.9 Å². The molecule has 0 atom stereocenters. The van der Waals surface area contributed by atoms with Crippen LogP contribution >= 0.6 is 0 Å². The van der Waals surface area contributed by atoms with Crippen molar-refractivity contribution < 1.29 is 19.7 Å². The summed E-state index contributed by atoms with van der Waals surface area (Å²) in [7, 11) is 0. The molecule has 1 aliphatic heterocycles. The molecule has 2 N–H and O–H groups in total. The molecular weight excluding hydrogens is 376 g/mol. The number of carbonyl (C=O) groups is 1.